The number of aliphatic imine (C=N–C) groups is 1. The second-order valence-corrected chi connectivity index (χ2v) is 4.40. The van der Waals surface area contributed by atoms with Gasteiger partial charge in [0, 0.05) is 6.42 Å². The van der Waals surface area contributed by atoms with Crippen molar-refractivity contribution in [3.8, 4) is 0 Å². The summed E-state index contributed by atoms with van der Waals surface area (Å²) in [5, 5.41) is 8.87. The highest BCUT2D eigenvalue weighted by molar-refractivity contribution is 6.36. The quantitative estimate of drug-likeness (QED) is 0.697. The van der Waals surface area contributed by atoms with Crippen molar-refractivity contribution < 1.29 is 9.90 Å². The molecule has 0 radical (unpaired) electrons. The smallest absolute Gasteiger partial charge is 0.349 e. The lowest BCUT2D eigenvalue weighted by Crippen LogP contribution is -2.16. The van der Waals surface area contributed by atoms with E-state index in [1.165, 1.54) is 32.1 Å². The molecule has 0 aromatic heterocycles. The summed E-state index contributed by atoms with van der Waals surface area (Å²) in [6.45, 7) is 0. The average molecular weight is 195 g/mol. The van der Waals surface area contributed by atoms with E-state index in [0.717, 1.165) is 6.42 Å². The lowest BCUT2D eigenvalue weighted by Gasteiger charge is -2.20. The van der Waals surface area contributed by atoms with Crippen LogP contribution in [0.5, 0.6) is 0 Å². The molecule has 0 aromatic carbocycles. The van der Waals surface area contributed by atoms with E-state index in [1.807, 2.05) is 0 Å². The normalized spacial score (nSPS) is 32.7. The van der Waals surface area contributed by atoms with Crippen LogP contribution >= 0.6 is 0 Å². The largest absolute Gasteiger partial charge is 0.477 e. The van der Waals surface area contributed by atoms with Crippen molar-refractivity contribution in [1.29, 1.82) is 0 Å². The number of rotatable bonds is 1. The van der Waals surface area contributed by atoms with Crippen LogP contribution < -0.4 is 0 Å². The first-order valence-electron chi connectivity index (χ1n) is 5.57. The summed E-state index contributed by atoms with van der Waals surface area (Å²) in [5.74, 6) is -0.279. The molecular formula is C11H17NO2. The summed E-state index contributed by atoms with van der Waals surface area (Å²) in [7, 11) is 0. The third kappa shape index (κ3) is 1.97. The van der Waals surface area contributed by atoms with Gasteiger partial charge in [-0.15, -0.1) is 0 Å². The van der Waals surface area contributed by atoms with Gasteiger partial charge in [0.1, 0.15) is 5.71 Å². The van der Waals surface area contributed by atoms with Crippen molar-refractivity contribution in [2.24, 2.45) is 10.9 Å². The van der Waals surface area contributed by atoms with Crippen LogP contribution in [-0.4, -0.2) is 22.8 Å². The van der Waals surface area contributed by atoms with E-state index in [-0.39, 0.29) is 0 Å². The number of fused-ring (bicyclic) bond motifs is 1. The molecule has 3 heteroatoms. The Kier molecular flexibility index (Phi) is 2.85. The average Bonchev–Trinajstić information content (AvgIpc) is 2.48. The summed E-state index contributed by atoms with van der Waals surface area (Å²) in [4.78, 5) is 15.1. The van der Waals surface area contributed by atoms with Gasteiger partial charge in [-0.3, -0.25) is 4.99 Å². The molecule has 2 rings (SSSR count). The van der Waals surface area contributed by atoms with E-state index >= 15 is 0 Å². The van der Waals surface area contributed by atoms with E-state index in [9.17, 15) is 4.79 Å². The van der Waals surface area contributed by atoms with Crippen molar-refractivity contribution in [2.75, 3.05) is 0 Å². The molecule has 0 saturated heterocycles. The Hall–Kier alpha value is -0.860. The Balaban J connectivity index is 2.03. The van der Waals surface area contributed by atoms with Crippen molar-refractivity contribution in [3.63, 3.8) is 0 Å². The van der Waals surface area contributed by atoms with E-state index in [4.69, 9.17) is 5.11 Å². The Morgan fingerprint density at radius 3 is 2.64 bits per heavy atom. The van der Waals surface area contributed by atoms with Gasteiger partial charge in [0.2, 0.25) is 0 Å². The Bertz CT molecular complexity index is 260. The zero-order valence-corrected chi connectivity index (χ0v) is 8.41. The van der Waals surface area contributed by atoms with E-state index in [2.05, 4.69) is 4.99 Å². The zero-order chi connectivity index (χ0) is 9.97. The zero-order valence-electron chi connectivity index (χ0n) is 8.41. The maximum absolute atomic E-state index is 10.8. The molecule has 2 unspecified atom stereocenters. The van der Waals surface area contributed by atoms with Gasteiger partial charge in [-0.1, -0.05) is 25.7 Å². The minimum Gasteiger partial charge on any atom is -0.477 e. The minimum absolute atomic E-state index is 0.321. The van der Waals surface area contributed by atoms with Gasteiger partial charge in [0.25, 0.3) is 0 Å². The van der Waals surface area contributed by atoms with E-state index < -0.39 is 5.97 Å². The van der Waals surface area contributed by atoms with Gasteiger partial charge in [-0.05, 0) is 18.8 Å². The lowest BCUT2D eigenvalue weighted by molar-refractivity contribution is -0.129. The van der Waals surface area contributed by atoms with E-state index in [1.54, 1.807) is 0 Å². The van der Waals surface area contributed by atoms with Crippen LogP contribution in [0.3, 0.4) is 0 Å². The standard InChI is InChI=1S/C11H17NO2/c13-11(14)10-7-8-5-3-1-2-4-6-9(8)12-10/h8-9H,1-7H2,(H,13,14). The summed E-state index contributed by atoms with van der Waals surface area (Å²) < 4.78 is 0. The molecule has 0 aromatic rings. The molecule has 0 bridgehead atoms. The first kappa shape index (κ1) is 9.69. The number of hydrogen-bond donors (Lipinski definition) is 1. The van der Waals surface area contributed by atoms with Gasteiger partial charge < -0.3 is 5.11 Å². The highest BCUT2D eigenvalue weighted by Crippen LogP contribution is 2.32. The van der Waals surface area contributed by atoms with Crippen molar-refractivity contribution in [1.82, 2.24) is 0 Å². The Morgan fingerprint density at radius 2 is 1.93 bits per heavy atom. The predicted octanol–water partition coefficient (Wildman–Crippen LogP) is 2.25. The third-order valence-corrected chi connectivity index (χ3v) is 3.39. The van der Waals surface area contributed by atoms with Crippen LogP contribution in [0.1, 0.15) is 44.9 Å². The summed E-state index contributed by atoms with van der Waals surface area (Å²) >= 11 is 0. The molecule has 14 heavy (non-hydrogen) atoms. The Morgan fingerprint density at radius 1 is 1.21 bits per heavy atom. The molecule has 0 amide bonds. The van der Waals surface area contributed by atoms with Crippen LogP contribution in [0, 0.1) is 5.92 Å². The van der Waals surface area contributed by atoms with Crippen LogP contribution in [0.2, 0.25) is 0 Å². The number of carbonyl (C=O) groups is 1. The predicted molar refractivity (Wildman–Crippen MR) is 54.7 cm³/mol. The van der Waals surface area contributed by atoms with Gasteiger partial charge in [0.05, 0.1) is 6.04 Å². The minimum atomic E-state index is -0.809. The number of carboxylic acid groups (broad SMARTS) is 1. The van der Waals surface area contributed by atoms with Crippen molar-refractivity contribution in [2.45, 2.75) is 51.0 Å². The fourth-order valence-electron chi connectivity index (χ4n) is 2.59. The molecule has 1 N–H and O–H groups in total. The first-order chi connectivity index (χ1) is 6.77. The molecule has 1 aliphatic heterocycles. The van der Waals surface area contributed by atoms with Crippen LogP contribution in [0.4, 0.5) is 0 Å². The molecular weight excluding hydrogens is 178 g/mol. The highest BCUT2D eigenvalue weighted by Gasteiger charge is 2.31. The molecule has 2 atom stereocenters. The first-order valence-corrected chi connectivity index (χ1v) is 5.57. The molecule has 1 heterocycles. The van der Waals surface area contributed by atoms with Crippen molar-refractivity contribution in [3.05, 3.63) is 0 Å². The second-order valence-electron chi connectivity index (χ2n) is 4.40. The number of nitrogens with zero attached hydrogens (tertiary/aromatic N) is 1. The number of carboxylic acids is 1. The molecule has 2 aliphatic rings. The van der Waals surface area contributed by atoms with Gasteiger partial charge >= 0.3 is 5.97 Å². The van der Waals surface area contributed by atoms with Gasteiger partial charge in [-0.25, -0.2) is 4.79 Å². The molecule has 3 nitrogen and oxygen atoms in total. The fraction of sp³-hybridized carbons (Fsp3) is 0.818. The summed E-state index contributed by atoms with van der Waals surface area (Å²) in [6, 6.07) is 0.321. The molecule has 1 fully saturated rings. The summed E-state index contributed by atoms with van der Waals surface area (Å²) in [5.41, 5.74) is 0.418. The Labute approximate surface area is 84.2 Å². The second kappa shape index (κ2) is 4.11. The molecule has 1 aliphatic carbocycles. The molecule has 78 valence electrons. The SMILES string of the molecule is O=C(O)C1=NC2CCCCCCC2C1. The molecule has 1 saturated carbocycles. The van der Waals surface area contributed by atoms with Crippen molar-refractivity contribution >= 4 is 11.7 Å². The van der Waals surface area contributed by atoms with Crippen LogP contribution in [0.25, 0.3) is 0 Å². The topological polar surface area (TPSA) is 49.7 Å². The van der Waals surface area contributed by atoms with Crippen LogP contribution in [-0.2, 0) is 4.79 Å². The maximum atomic E-state index is 10.8. The van der Waals surface area contributed by atoms with Crippen LogP contribution in [0.15, 0.2) is 4.99 Å². The monoisotopic (exact) mass is 195 g/mol. The highest BCUT2D eigenvalue weighted by atomic mass is 16.4. The lowest BCUT2D eigenvalue weighted by atomic mass is 9.86. The maximum Gasteiger partial charge on any atom is 0.349 e. The molecule has 0 spiro atoms. The van der Waals surface area contributed by atoms with Gasteiger partial charge in [0.15, 0.2) is 0 Å². The number of hydrogen-bond acceptors (Lipinski definition) is 2. The van der Waals surface area contributed by atoms with Gasteiger partial charge in [-0.2, -0.15) is 0 Å². The van der Waals surface area contributed by atoms with E-state index in [0.29, 0.717) is 24.1 Å². The number of aliphatic carboxylic acids is 1. The third-order valence-electron chi connectivity index (χ3n) is 3.39. The fourth-order valence-corrected chi connectivity index (χ4v) is 2.59. The summed E-state index contributed by atoms with van der Waals surface area (Å²) in [6.07, 6.45) is 8.06.